The highest BCUT2D eigenvalue weighted by Crippen LogP contribution is 2.30. The summed E-state index contributed by atoms with van der Waals surface area (Å²) in [6, 6.07) is 24.1. The zero-order valence-electron chi connectivity index (χ0n) is 16.8. The Kier molecular flexibility index (Phi) is 6.26. The average molecular weight is 432 g/mol. The van der Waals surface area contributed by atoms with Crippen molar-refractivity contribution in [2.24, 2.45) is 0 Å². The van der Waals surface area contributed by atoms with Gasteiger partial charge in [0.05, 0.1) is 0 Å². The molecule has 0 aliphatic carbocycles. The highest BCUT2D eigenvalue weighted by atomic mass is 32.2. The van der Waals surface area contributed by atoms with Gasteiger partial charge in [-0.15, -0.1) is 10.2 Å². The van der Waals surface area contributed by atoms with Crippen molar-refractivity contribution in [3.05, 3.63) is 95.1 Å². The first kappa shape index (κ1) is 20.3. The van der Waals surface area contributed by atoms with Gasteiger partial charge in [0, 0.05) is 11.3 Å². The van der Waals surface area contributed by atoms with Gasteiger partial charge in [-0.2, -0.15) is 0 Å². The lowest BCUT2D eigenvalue weighted by Crippen LogP contribution is -2.11. The lowest BCUT2D eigenvalue weighted by atomic mass is 10.0. The van der Waals surface area contributed by atoms with Gasteiger partial charge in [-0.3, -0.25) is 10.1 Å². The summed E-state index contributed by atoms with van der Waals surface area (Å²) in [6.45, 7) is 4.21. The van der Waals surface area contributed by atoms with E-state index in [1.54, 1.807) is 11.8 Å². The van der Waals surface area contributed by atoms with Crippen LogP contribution in [0.25, 0.3) is 11.1 Å². The second-order valence-corrected chi connectivity index (χ2v) is 9.19. The zero-order valence-corrected chi connectivity index (χ0v) is 18.4. The third-order valence-corrected chi connectivity index (χ3v) is 6.76. The number of benzene rings is 3. The SMILES string of the molecule is Cc1ccc(C)c(CSc2nnc(NC(=O)c3ccc(-c4ccccc4)cc3)s2)c1. The molecule has 4 nitrogen and oxygen atoms in total. The number of hydrogen-bond acceptors (Lipinski definition) is 5. The van der Waals surface area contributed by atoms with Crippen molar-refractivity contribution in [1.29, 1.82) is 0 Å². The summed E-state index contributed by atoms with van der Waals surface area (Å²) < 4.78 is 0.839. The van der Waals surface area contributed by atoms with E-state index in [-0.39, 0.29) is 5.91 Å². The second-order valence-electron chi connectivity index (χ2n) is 6.99. The molecule has 4 rings (SSSR count). The standard InChI is InChI=1S/C24H21N3OS2/c1-16-8-9-17(2)21(14-16)15-29-24-27-26-23(30-24)25-22(28)20-12-10-19(11-13-20)18-6-4-3-5-7-18/h3-14H,15H2,1-2H3,(H,25,26,28). The minimum atomic E-state index is -0.183. The molecule has 1 N–H and O–H groups in total. The molecule has 0 unspecified atom stereocenters. The molecule has 6 heteroatoms. The summed E-state index contributed by atoms with van der Waals surface area (Å²) in [7, 11) is 0. The normalized spacial score (nSPS) is 10.7. The number of nitrogens with one attached hydrogen (secondary N) is 1. The number of aromatic nitrogens is 2. The van der Waals surface area contributed by atoms with Crippen molar-refractivity contribution < 1.29 is 4.79 Å². The maximum Gasteiger partial charge on any atom is 0.257 e. The van der Waals surface area contributed by atoms with Crippen LogP contribution in [0.5, 0.6) is 0 Å². The molecular formula is C24H21N3OS2. The van der Waals surface area contributed by atoms with Gasteiger partial charge in [-0.1, -0.05) is 89.3 Å². The summed E-state index contributed by atoms with van der Waals surface area (Å²) in [6.07, 6.45) is 0. The van der Waals surface area contributed by atoms with E-state index >= 15 is 0 Å². The van der Waals surface area contributed by atoms with Crippen LogP contribution in [0.3, 0.4) is 0 Å². The number of carbonyl (C=O) groups is 1. The Balaban J connectivity index is 1.37. The number of nitrogens with zero attached hydrogens (tertiary/aromatic N) is 2. The summed E-state index contributed by atoms with van der Waals surface area (Å²) in [5, 5.41) is 11.7. The Morgan fingerprint density at radius 3 is 2.43 bits per heavy atom. The van der Waals surface area contributed by atoms with Gasteiger partial charge in [0.15, 0.2) is 4.34 Å². The molecule has 30 heavy (non-hydrogen) atoms. The van der Waals surface area contributed by atoms with Crippen molar-refractivity contribution in [3.8, 4) is 11.1 Å². The molecule has 0 spiro atoms. The highest BCUT2D eigenvalue weighted by Gasteiger charge is 2.11. The van der Waals surface area contributed by atoms with E-state index in [0.29, 0.717) is 10.7 Å². The summed E-state index contributed by atoms with van der Waals surface area (Å²) in [4.78, 5) is 12.6. The van der Waals surface area contributed by atoms with Gasteiger partial charge in [0.2, 0.25) is 5.13 Å². The maximum absolute atomic E-state index is 12.6. The molecule has 0 atom stereocenters. The van der Waals surface area contributed by atoms with Gasteiger partial charge < -0.3 is 0 Å². The first-order chi connectivity index (χ1) is 14.6. The van der Waals surface area contributed by atoms with E-state index in [0.717, 1.165) is 21.2 Å². The zero-order chi connectivity index (χ0) is 20.9. The predicted molar refractivity (Wildman–Crippen MR) is 125 cm³/mol. The van der Waals surface area contributed by atoms with Crippen LogP contribution in [0, 0.1) is 13.8 Å². The van der Waals surface area contributed by atoms with Crippen molar-refractivity contribution in [2.75, 3.05) is 5.32 Å². The van der Waals surface area contributed by atoms with Gasteiger partial charge in [-0.05, 0) is 48.2 Å². The Hall–Kier alpha value is -2.96. The van der Waals surface area contributed by atoms with Crippen LogP contribution >= 0.6 is 23.1 Å². The van der Waals surface area contributed by atoms with Crippen LogP contribution in [0.15, 0.2) is 77.1 Å². The minimum absolute atomic E-state index is 0.183. The topological polar surface area (TPSA) is 54.9 Å². The smallest absolute Gasteiger partial charge is 0.257 e. The molecule has 1 aromatic heterocycles. The Labute approximate surface area is 184 Å². The number of thioether (sulfide) groups is 1. The van der Waals surface area contributed by atoms with Gasteiger partial charge in [-0.25, -0.2) is 0 Å². The van der Waals surface area contributed by atoms with Crippen LogP contribution < -0.4 is 5.32 Å². The molecule has 150 valence electrons. The van der Waals surface area contributed by atoms with E-state index in [1.807, 2.05) is 54.6 Å². The largest absolute Gasteiger partial charge is 0.296 e. The Bertz CT molecular complexity index is 1150. The first-order valence-electron chi connectivity index (χ1n) is 9.58. The molecule has 3 aromatic carbocycles. The molecule has 0 saturated carbocycles. The summed E-state index contributed by atoms with van der Waals surface area (Å²) >= 11 is 3.03. The Morgan fingerprint density at radius 2 is 1.67 bits per heavy atom. The van der Waals surface area contributed by atoms with Gasteiger partial charge >= 0.3 is 0 Å². The van der Waals surface area contributed by atoms with Crippen LogP contribution in [0.2, 0.25) is 0 Å². The van der Waals surface area contributed by atoms with Crippen molar-refractivity contribution in [1.82, 2.24) is 10.2 Å². The predicted octanol–water partition coefficient (Wildman–Crippen LogP) is 6.37. The van der Waals surface area contributed by atoms with Crippen molar-refractivity contribution in [3.63, 3.8) is 0 Å². The molecule has 0 aliphatic heterocycles. The third-order valence-electron chi connectivity index (χ3n) is 4.74. The lowest BCUT2D eigenvalue weighted by molar-refractivity contribution is 0.102. The van der Waals surface area contributed by atoms with Crippen LogP contribution in [0.4, 0.5) is 5.13 Å². The number of hydrogen-bond donors (Lipinski definition) is 1. The maximum atomic E-state index is 12.6. The molecule has 0 aliphatic rings. The van der Waals surface area contributed by atoms with Crippen LogP contribution in [-0.2, 0) is 5.75 Å². The van der Waals surface area contributed by atoms with Crippen molar-refractivity contribution >= 4 is 34.1 Å². The fraction of sp³-hybridized carbons (Fsp3) is 0.125. The summed E-state index contributed by atoms with van der Waals surface area (Å²) in [5.41, 5.74) is 6.60. The molecule has 1 amide bonds. The van der Waals surface area contributed by atoms with E-state index in [1.165, 1.54) is 28.0 Å². The molecular weight excluding hydrogens is 410 g/mol. The number of aryl methyl sites for hydroxylation is 2. The third kappa shape index (κ3) is 4.96. The average Bonchev–Trinajstić information content (AvgIpc) is 3.22. The van der Waals surface area contributed by atoms with Crippen LogP contribution in [0.1, 0.15) is 27.0 Å². The minimum Gasteiger partial charge on any atom is -0.296 e. The second kappa shape index (κ2) is 9.24. The van der Waals surface area contributed by atoms with E-state index in [9.17, 15) is 4.79 Å². The lowest BCUT2D eigenvalue weighted by Gasteiger charge is -2.05. The van der Waals surface area contributed by atoms with E-state index in [4.69, 9.17) is 0 Å². The summed E-state index contributed by atoms with van der Waals surface area (Å²) in [5.74, 6) is 0.647. The molecule has 4 aromatic rings. The molecule has 0 saturated heterocycles. The molecule has 1 heterocycles. The van der Waals surface area contributed by atoms with E-state index in [2.05, 4.69) is 47.6 Å². The van der Waals surface area contributed by atoms with Gasteiger partial charge in [0.1, 0.15) is 0 Å². The number of rotatable bonds is 6. The number of carbonyl (C=O) groups excluding carboxylic acids is 1. The first-order valence-corrected chi connectivity index (χ1v) is 11.4. The van der Waals surface area contributed by atoms with Crippen molar-refractivity contribution in [2.45, 2.75) is 23.9 Å². The molecule has 0 radical (unpaired) electrons. The molecule has 0 bridgehead atoms. The number of anilines is 1. The van der Waals surface area contributed by atoms with E-state index < -0.39 is 0 Å². The fourth-order valence-electron chi connectivity index (χ4n) is 3.03. The van der Waals surface area contributed by atoms with Crippen LogP contribution in [-0.4, -0.2) is 16.1 Å². The quantitative estimate of drug-likeness (QED) is 0.285. The number of amides is 1. The van der Waals surface area contributed by atoms with Gasteiger partial charge in [0.25, 0.3) is 5.91 Å². The highest BCUT2D eigenvalue weighted by molar-refractivity contribution is 8.00. The Morgan fingerprint density at radius 1 is 0.933 bits per heavy atom. The fourth-order valence-corrected chi connectivity index (χ4v) is 4.84. The molecule has 0 fully saturated rings. The monoisotopic (exact) mass is 431 g/mol.